The van der Waals surface area contributed by atoms with Gasteiger partial charge in [-0.3, -0.25) is 9.59 Å². The summed E-state index contributed by atoms with van der Waals surface area (Å²) in [5, 5.41) is 8.68. The topological polar surface area (TPSA) is 96.0 Å². The number of amides is 1. The van der Waals surface area contributed by atoms with E-state index in [1.54, 1.807) is 0 Å². The van der Waals surface area contributed by atoms with E-state index in [1.165, 1.54) is 37.6 Å². The number of carbonyl (C=O) groups excluding carboxylic acids is 1. The van der Waals surface area contributed by atoms with Crippen LogP contribution in [0, 0.1) is 0 Å². The fourth-order valence-corrected chi connectivity index (χ4v) is 2.48. The largest absolute Gasteiger partial charge is 0.480 e. The smallest absolute Gasteiger partial charge is 0.323 e. The lowest BCUT2D eigenvalue weighted by Gasteiger charge is -2.14. The fraction of sp³-hybridized carbons (Fsp3) is 0.542. The van der Waals surface area contributed by atoms with Crippen molar-refractivity contribution in [3.63, 3.8) is 0 Å². The molecular formula is C24H39N3O3. The first kappa shape index (κ1) is 27.4. The number of carboxylic acid groups (broad SMARTS) is 1. The van der Waals surface area contributed by atoms with Crippen molar-refractivity contribution in [2.45, 2.75) is 71.1 Å². The van der Waals surface area contributed by atoms with Crippen LogP contribution in [0.25, 0.3) is 0 Å². The Morgan fingerprint density at radius 1 is 0.867 bits per heavy atom. The Hall–Kier alpha value is -2.63. The van der Waals surface area contributed by atoms with E-state index in [4.69, 9.17) is 10.8 Å². The summed E-state index contributed by atoms with van der Waals surface area (Å²) < 4.78 is 0. The van der Waals surface area contributed by atoms with Gasteiger partial charge in [0.2, 0.25) is 5.91 Å². The predicted octanol–water partition coefficient (Wildman–Crippen LogP) is 4.99. The number of nitrogens with zero attached hydrogens (tertiary/aromatic N) is 2. The van der Waals surface area contributed by atoms with E-state index in [1.807, 2.05) is 0 Å². The number of guanidine groups is 1. The second-order valence-corrected chi connectivity index (χ2v) is 7.09. The molecule has 0 rings (SSSR count). The Morgan fingerprint density at radius 2 is 1.37 bits per heavy atom. The molecular weight excluding hydrogens is 378 g/mol. The molecule has 0 spiro atoms. The van der Waals surface area contributed by atoms with Crippen LogP contribution in [-0.2, 0) is 9.59 Å². The number of allylic oxidation sites excluding steroid dienone is 8. The van der Waals surface area contributed by atoms with Crippen molar-refractivity contribution in [1.29, 1.82) is 0 Å². The number of rotatable bonds is 16. The van der Waals surface area contributed by atoms with Gasteiger partial charge in [0.1, 0.15) is 6.54 Å². The highest BCUT2D eigenvalue weighted by molar-refractivity contribution is 5.93. The van der Waals surface area contributed by atoms with Crippen LogP contribution in [0.5, 0.6) is 0 Å². The summed E-state index contributed by atoms with van der Waals surface area (Å²) in [6.07, 6.45) is 27.0. The number of likely N-dealkylation sites (N-methyl/N-ethyl adjacent to an activating group) is 1. The van der Waals surface area contributed by atoms with Gasteiger partial charge in [-0.1, -0.05) is 68.4 Å². The number of aliphatic imine (C=N–C) groups is 1. The summed E-state index contributed by atoms with van der Waals surface area (Å²) in [6, 6.07) is 0. The maximum atomic E-state index is 11.7. The van der Waals surface area contributed by atoms with E-state index in [-0.39, 0.29) is 18.4 Å². The van der Waals surface area contributed by atoms with Gasteiger partial charge in [0, 0.05) is 13.5 Å². The van der Waals surface area contributed by atoms with Gasteiger partial charge in [0.25, 0.3) is 0 Å². The highest BCUT2D eigenvalue weighted by Crippen LogP contribution is 2.02. The summed E-state index contributed by atoms with van der Waals surface area (Å²) in [4.78, 5) is 27.2. The van der Waals surface area contributed by atoms with Crippen molar-refractivity contribution in [2.24, 2.45) is 10.7 Å². The fourth-order valence-electron chi connectivity index (χ4n) is 2.48. The van der Waals surface area contributed by atoms with Gasteiger partial charge in [-0.25, -0.2) is 0 Å². The Kier molecular flexibility index (Phi) is 18.0. The molecule has 6 nitrogen and oxygen atoms in total. The molecule has 0 fully saturated rings. The molecule has 0 heterocycles. The molecule has 6 heteroatoms. The molecule has 0 saturated carbocycles. The van der Waals surface area contributed by atoms with Crippen molar-refractivity contribution >= 4 is 17.8 Å². The van der Waals surface area contributed by atoms with Gasteiger partial charge in [-0.15, -0.1) is 0 Å². The van der Waals surface area contributed by atoms with E-state index < -0.39 is 5.97 Å². The maximum absolute atomic E-state index is 11.7. The van der Waals surface area contributed by atoms with Crippen LogP contribution < -0.4 is 5.73 Å². The number of unbranched alkanes of at least 4 members (excludes halogenated alkanes) is 4. The van der Waals surface area contributed by atoms with Crippen LogP contribution in [0.4, 0.5) is 0 Å². The highest BCUT2D eigenvalue weighted by Gasteiger charge is 2.08. The summed E-state index contributed by atoms with van der Waals surface area (Å²) in [5.41, 5.74) is 5.59. The molecule has 0 aliphatic rings. The van der Waals surface area contributed by atoms with Gasteiger partial charge in [0.15, 0.2) is 5.96 Å². The zero-order chi connectivity index (χ0) is 22.5. The minimum Gasteiger partial charge on any atom is -0.480 e. The standard InChI is InChI=1S/C24H39N3O3/c1-3-4-5-6-7-8-9-10-11-12-13-14-15-16-17-18-19-20-22(28)26-24(25)27(2)21-23(29)30/h7-8,10-11,13-14,16-17H,3-6,9,12,15,18-21H2,1-2H3,(H,29,30)(H2,25,26,28). The van der Waals surface area contributed by atoms with Crippen LogP contribution in [0.2, 0.25) is 0 Å². The summed E-state index contributed by atoms with van der Waals surface area (Å²) in [7, 11) is 1.49. The molecule has 0 saturated heterocycles. The third kappa shape index (κ3) is 18.7. The normalized spacial score (nSPS) is 12.7. The lowest BCUT2D eigenvalue weighted by molar-refractivity contribution is -0.137. The highest BCUT2D eigenvalue weighted by atomic mass is 16.4. The lowest BCUT2D eigenvalue weighted by atomic mass is 10.2. The number of aliphatic carboxylic acids is 1. The quantitative estimate of drug-likeness (QED) is 0.160. The first-order chi connectivity index (χ1) is 14.5. The molecule has 0 bridgehead atoms. The van der Waals surface area contributed by atoms with E-state index in [2.05, 4.69) is 60.5 Å². The van der Waals surface area contributed by atoms with Crippen LogP contribution in [0.1, 0.15) is 71.1 Å². The average Bonchev–Trinajstić information content (AvgIpc) is 2.69. The van der Waals surface area contributed by atoms with Crippen LogP contribution in [-0.4, -0.2) is 41.4 Å². The third-order valence-electron chi connectivity index (χ3n) is 4.22. The van der Waals surface area contributed by atoms with Crippen LogP contribution in [0.15, 0.2) is 53.6 Å². The number of hydrogen-bond acceptors (Lipinski definition) is 2. The molecule has 168 valence electrons. The Labute approximate surface area is 181 Å². The van der Waals surface area contributed by atoms with Crippen molar-refractivity contribution in [1.82, 2.24) is 4.90 Å². The monoisotopic (exact) mass is 417 g/mol. The molecule has 0 aromatic rings. The van der Waals surface area contributed by atoms with E-state index in [9.17, 15) is 9.59 Å². The Morgan fingerprint density at radius 3 is 1.87 bits per heavy atom. The van der Waals surface area contributed by atoms with Gasteiger partial charge >= 0.3 is 5.97 Å². The molecule has 0 aliphatic carbocycles. The van der Waals surface area contributed by atoms with Crippen LogP contribution >= 0.6 is 0 Å². The molecule has 0 atom stereocenters. The maximum Gasteiger partial charge on any atom is 0.323 e. The first-order valence-corrected chi connectivity index (χ1v) is 10.9. The zero-order valence-electron chi connectivity index (χ0n) is 18.6. The molecule has 0 aromatic heterocycles. The van der Waals surface area contributed by atoms with Gasteiger partial charge in [0.05, 0.1) is 0 Å². The van der Waals surface area contributed by atoms with E-state index in [0.717, 1.165) is 25.7 Å². The SMILES string of the molecule is CCCCCC=CCC=CCC=CCC=CCCCC(=O)N=C(N)N(C)CC(=O)O. The van der Waals surface area contributed by atoms with Crippen LogP contribution in [0.3, 0.4) is 0 Å². The lowest BCUT2D eigenvalue weighted by Crippen LogP contribution is -2.38. The van der Waals surface area contributed by atoms with Crippen molar-refractivity contribution in [3.8, 4) is 0 Å². The molecule has 0 radical (unpaired) electrons. The second kappa shape index (κ2) is 19.7. The number of carbonyl (C=O) groups is 2. The Balaban J connectivity index is 3.76. The Bertz CT molecular complexity index is 619. The third-order valence-corrected chi connectivity index (χ3v) is 4.22. The molecule has 3 N–H and O–H groups in total. The van der Waals surface area contributed by atoms with Gasteiger partial charge in [-0.2, -0.15) is 4.99 Å². The molecule has 30 heavy (non-hydrogen) atoms. The van der Waals surface area contributed by atoms with Gasteiger partial charge < -0.3 is 15.7 Å². The first-order valence-electron chi connectivity index (χ1n) is 10.9. The predicted molar refractivity (Wildman–Crippen MR) is 125 cm³/mol. The van der Waals surface area contributed by atoms with E-state index >= 15 is 0 Å². The molecule has 0 aliphatic heterocycles. The molecule has 0 aromatic carbocycles. The van der Waals surface area contributed by atoms with Crippen molar-refractivity contribution < 1.29 is 14.7 Å². The number of carboxylic acids is 1. The average molecular weight is 418 g/mol. The zero-order valence-corrected chi connectivity index (χ0v) is 18.6. The van der Waals surface area contributed by atoms with Crippen molar-refractivity contribution in [3.05, 3.63) is 48.6 Å². The van der Waals surface area contributed by atoms with Crippen molar-refractivity contribution in [2.75, 3.05) is 13.6 Å². The number of hydrogen-bond donors (Lipinski definition) is 2. The summed E-state index contributed by atoms with van der Waals surface area (Å²) >= 11 is 0. The number of nitrogens with two attached hydrogens (primary N) is 1. The summed E-state index contributed by atoms with van der Waals surface area (Å²) in [5.74, 6) is -1.43. The minimum atomic E-state index is -1.02. The summed E-state index contributed by atoms with van der Waals surface area (Å²) in [6.45, 7) is 1.94. The second-order valence-electron chi connectivity index (χ2n) is 7.09. The molecule has 1 amide bonds. The van der Waals surface area contributed by atoms with E-state index in [0.29, 0.717) is 12.8 Å². The minimum absolute atomic E-state index is 0.0693. The van der Waals surface area contributed by atoms with Gasteiger partial charge in [-0.05, 0) is 44.9 Å². The molecule has 0 unspecified atom stereocenters.